The monoisotopic (exact) mass is 408 g/mol. The quantitative estimate of drug-likeness (QED) is 0.792. The van der Waals surface area contributed by atoms with Crippen LogP contribution in [0.1, 0.15) is 47.8 Å². The largest absolute Gasteiger partial charge is 0.387 e. The number of pyridine rings is 1. The van der Waals surface area contributed by atoms with Crippen LogP contribution in [0.4, 0.5) is 0 Å². The summed E-state index contributed by atoms with van der Waals surface area (Å²) in [5.41, 5.74) is 0.0625. The van der Waals surface area contributed by atoms with E-state index in [0.717, 1.165) is 22.9 Å². The normalized spacial score (nSPS) is 17.5. The average Bonchev–Trinajstić information content (AvgIpc) is 3.00. The molecule has 1 aromatic heterocycles. The third kappa shape index (κ3) is 3.63. The van der Waals surface area contributed by atoms with E-state index in [-0.39, 0.29) is 11.6 Å². The Bertz CT molecular complexity index is 747. The van der Waals surface area contributed by atoms with E-state index in [1.54, 1.807) is 12.1 Å². The molecule has 1 amide bonds. The fourth-order valence-corrected chi connectivity index (χ4v) is 3.87. The zero-order valence-corrected chi connectivity index (χ0v) is 15.3. The molecular weight excluding hydrogens is 392 g/mol. The van der Waals surface area contributed by atoms with Crippen molar-refractivity contribution in [1.29, 1.82) is 0 Å². The molecule has 0 radical (unpaired) electrons. The highest BCUT2D eigenvalue weighted by atomic mass is 79.9. The van der Waals surface area contributed by atoms with Gasteiger partial charge in [0.2, 0.25) is 0 Å². The Labute approximate surface area is 154 Å². The van der Waals surface area contributed by atoms with Gasteiger partial charge in [0.15, 0.2) is 0 Å². The summed E-state index contributed by atoms with van der Waals surface area (Å²) in [7, 11) is 0. The summed E-state index contributed by atoms with van der Waals surface area (Å²) in [6.45, 7) is 0. The summed E-state index contributed by atoms with van der Waals surface area (Å²) >= 11 is 9.53. The molecule has 2 aromatic rings. The number of nitrogens with zero attached hydrogens (tertiary/aromatic N) is 1. The predicted octanol–water partition coefficient (Wildman–Crippen LogP) is 4.27. The fraction of sp³-hybridized carbons (Fsp3) is 0.333. The summed E-state index contributed by atoms with van der Waals surface area (Å²) in [4.78, 5) is 16.7. The van der Waals surface area contributed by atoms with Crippen molar-refractivity contribution in [3.8, 4) is 0 Å². The second-order valence-corrected chi connectivity index (χ2v) is 7.43. The molecule has 1 aromatic carbocycles. The van der Waals surface area contributed by atoms with Crippen LogP contribution in [0.25, 0.3) is 0 Å². The van der Waals surface area contributed by atoms with E-state index < -0.39 is 11.6 Å². The first-order chi connectivity index (χ1) is 11.5. The number of amides is 1. The Morgan fingerprint density at radius 1 is 1.29 bits per heavy atom. The van der Waals surface area contributed by atoms with E-state index in [0.29, 0.717) is 17.9 Å². The van der Waals surface area contributed by atoms with Gasteiger partial charge in [0.25, 0.3) is 5.91 Å². The molecule has 0 bridgehead atoms. The smallest absolute Gasteiger partial charge is 0.272 e. The second kappa shape index (κ2) is 7.21. The van der Waals surface area contributed by atoms with E-state index in [1.807, 2.05) is 24.3 Å². The topological polar surface area (TPSA) is 62.2 Å². The molecule has 2 N–H and O–H groups in total. The first-order valence-corrected chi connectivity index (χ1v) is 9.06. The molecule has 1 saturated carbocycles. The lowest BCUT2D eigenvalue weighted by Gasteiger charge is -2.33. The minimum absolute atomic E-state index is 0.167. The molecule has 24 heavy (non-hydrogen) atoms. The molecule has 6 heteroatoms. The third-order valence-corrected chi connectivity index (χ3v) is 5.24. The van der Waals surface area contributed by atoms with Crippen molar-refractivity contribution < 1.29 is 9.90 Å². The minimum Gasteiger partial charge on any atom is -0.387 e. The molecule has 1 fully saturated rings. The zero-order chi connectivity index (χ0) is 17.2. The van der Waals surface area contributed by atoms with Crippen molar-refractivity contribution in [2.24, 2.45) is 0 Å². The lowest BCUT2D eigenvalue weighted by atomic mass is 9.87. The van der Waals surface area contributed by atoms with Crippen molar-refractivity contribution in [2.75, 3.05) is 0 Å². The van der Waals surface area contributed by atoms with Gasteiger partial charge in [0.1, 0.15) is 5.69 Å². The Morgan fingerprint density at radius 2 is 2.04 bits per heavy atom. The Morgan fingerprint density at radius 3 is 2.71 bits per heavy atom. The van der Waals surface area contributed by atoms with Crippen molar-refractivity contribution in [3.63, 3.8) is 0 Å². The molecule has 1 aliphatic rings. The van der Waals surface area contributed by atoms with Crippen molar-refractivity contribution in [1.82, 2.24) is 10.3 Å². The van der Waals surface area contributed by atoms with E-state index in [9.17, 15) is 9.90 Å². The van der Waals surface area contributed by atoms with Gasteiger partial charge in [-0.05, 0) is 42.7 Å². The molecule has 3 rings (SSSR count). The van der Waals surface area contributed by atoms with Gasteiger partial charge < -0.3 is 10.4 Å². The van der Waals surface area contributed by atoms with E-state index in [4.69, 9.17) is 11.6 Å². The zero-order valence-electron chi connectivity index (χ0n) is 13.0. The van der Waals surface area contributed by atoms with Gasteiger partial charge >= 0.3 is 0 Å². The molecule has 1 aliphatic carbocycles. The second-order valence-electron chi connectivity index (χ2n) is 6.11. The fourth-order valence-electron chi connectivity index (χ4n) is 3.24. The summed E-state index contributed by atoms with van der Waals surface area (Å²) < 4.78 is 0.900. The highest BCUT2D eigenvalue weighted by Gasteiger charge is 2.41. The molecule has 4 nitrogen and oxygen atoms in total. The van der Waals surface area contributed by atoms with Crippen LogP contribution in [0, 0.1) is 0 Å². The Hall–Kier alpha value is -1.43. The van der Waals surface area contributed by atoms with E-state index in [1.165, 1.54) is 6.20 Å². The molecule has 126 valence electrons. The highest BCUT2D eigenvalue weighted by Crippen LogP contribution is 2.40. The van der Waals surface area contributed by atoms with Gasteiger partial charge in [-0.15, -0.1) is 0 Å². The van der Waals surface area contributed by atoms with E-state index >= 15 is 0 Å². The highest BCUT2D eigenvalue weighted by molar-refractivity contribution is 9.10. The number of halogens is 2. The summed E-state index contributed by atoms with van der Waals surface area (Å²) in [6, 6.07) is 10.4. The maximum Gasteiger partial charge on any atom is 0.272 e. The summed E-state index contributed by atoms with van der Waals surface area (Å²) in [6.07, 6.45) is 4.72. The maximum atomic E-state index is 12.7. The van der Waals surface area contributed by atoms with Gasteiger partial charge in [0.05, 0.1) is 16.7 Å². The van der Waals surface area contributed by atoms with Gasteiger partial charge in [0, 0.05) is 10.7 Å². The standard InChI is InChI=1S/C18H18BrClN2O2/c19-13-6-3-5-12(11-13)16(18(24)8-1-2-9-18)22-17(23)15-14(20)7-4-10-21-15/h3-7,10-11,16,24H,1-2,8-9H2,(H,22,23). The molecule has 0 aliphatic heterocycles. The minimum atomic E-state index is -0.961. The van der Waals surface area contributed by atoms with Crippen LogP contribution < -0.4 is 5.32 Å². The van der Waals surface area contributed by atoms with Crippen LogP contribution in [0.15, 0.2) is 47.1 Å². The summed E-state index contributed by atoms with van der Waals surface area (Å²) in [5, 5.41) is 14.3. The number of hydrogen-bond donors (Lipinski definition) is 2. The van der Waals surface area contributed by atoms with Crippen LogP contribution in [0.5, 0.6) is 0 Å². The number of carbonyl (C=O) groups excluding carboxylic acids is 1. The van der Waals surface area contributed by atoms with Gasteiger partial charge in [-0.3, -0.25) is 4.79 Å². The molecular formula is C18H18BrClN2O2. The molecule has 1 unspecified atom stereocenters. The predicted molar refractivity (Wildman–Crippen MR) is 97.0 cm³/mol. The lowest BCUT2D eigenvalue weighted by Crippen LogP contribution is -2.44. The number of aliphatic hydroxyl groups is 1. The van der Waals surface area contributed by atoms with Crippen LogP contribution >= 0.6 is 27.5 Å². The van der Waals surface area contributed by atoms with Gasteiger partial charge in [-0.1, -0.05) is 52.5 Å². The van der Waals surface area contributed by atoms with Crippen molar-refractivity contribution >= 4 is 33.4 Å². The van der Waals surface area contributed by atoms with Crippen LogP contribution in [-0.4, -0.2) is 21.6 Å². The number of carbonyl (C=O) groups is 1. The number of rotatable bonds is 4. The Balaban J connectivity index is 1.93. The van der Waals surface area contributed by atoms with Crippen molar-refractivity contribution in [3.05, 3.63) is 63.3 Å². The molecule has 1 heterocycles. The third-order valence-electron chi connectivity index (χ3n) is 4.44. The lowest BCUT2D eigenvalue weighted by molar-refractivity contribution is 0.00715. The average molecular weight is 410 g/mol. The first-order valence-electron chi connectivity index (χ1n) is 7.89. The number of benzene rings is 1. The molecule has 0 spiro atoms. The van der Waals surface area contributed by atoms with E-state index in [2.05, 4.69) is 26.2 Å². The SMILES string of the molecule is O=C(NC(c1cccc(Br)c1)C1(O)CCCC1)c1ncccc1Cl. The Kier molecular flexibility index (Phi) is 5.23. The van der Waals surface area contributed by atoms with Crippen molar-refractivity contribution in [2.45, 2.75) is 37.3 Å². The van der Waals surface area contributed by atoms with Crippen LogP contribution in [-0.2, 0) is 0 Å². The van der Waals surface area contributed by atoms with Gasteiger partial charge in [-0.2, -0.15) is 0 Å². The molecule has 1 atom stereocenters. The number of hydrogen-bond acceptors (Lipinski definition) is 3. The molecule has 0 saturated heterocycles. The number of nitrogens with one attached hydrogen (secondary N) is 1. The summed E-state index contributed by atoms with van der Waals surface area (Å²) in [5.74, 6) is -0.383. The first kappa shape index (κ1) is 17.4. The number of aromatic nitrogens is 1. The van der Waals surface area contributed by atoms with Crippen LogP contribution in [0.3, 0.4) is 0 Å². The van der Waals surface area contributed by atoms with Crippen LogP contribution in [0.2, 0.25) is 5.02 Å². The maximum absolute atomic E-state index is 12.7. The van der Waals surface area contributed by atoms with Gasteiger partial charge in [-0.25, -0.2) is 4.98 Å².